The van der Waals surface area contributed by atoms with Gasteiger partial charge in [0.2, 0.25) is 0 Å². The lowest BCUT2D eigenvalue weighted by molar-refractivity contribution is 0.680. The van der Waals surface area contributed by atoms with E-state index in [4.69, 9.17) is 28.9 Å². The number of benzene rings is 1. The Balaban J connectivity index is 2.27. The summed E-state index contributed by atoms with van der Waals surface area (Å²) in [6.45, 7) is 0. The number of anilines is 1. The summed E-state index contributed by atoms with van der Waals surface area (Å²) in [5.41, 5.74) is 6.85. The number of aromatic nitrogens is 1. The zero-order chi connectivity index (χ0) is 13.1. The highest BCUT2D eigenvalue weighted by Gasteiger charge is 2.12. The molecule has 0 radical (unpaired) electrons. The molecule has 1 heterocycles. The molecule has 1 aromatic heterocycles. The summed E-state index contributed by atoms with van der Waals surface area (Å²) in [7, 11) is -1.34. The first-order valence-electron chi connectivity index (χ1n) is 5.10. The van der Waals surface area contributed by atoms with E-state index in [1.807, 2.05) is 0 Å². The average Bonchev–Trinajstić information content (AvgIpc) is 2.34. The van der Waals surface area contributed by atoms with Crippen molar-refractivity contribution >= 4 is 39.7 Å². The van der Waals surface area contributed by atoms with Gasteiger partial charge in [0.15, 0.2) is 0 Å². The van der Waals surface area contributed by atoms with Crippen LogP contribution in [0.3, 0.4) is 0 Å². The van der Waals surface area contributed by atoms with Gasteiger partial charge < -0.3 is 5.73 Å². The molecule has 0 bridgehead atoms. The molecule has 0 aliphatic heterocycles. The molecular formula is C12H10Cl2N2OS. The fourth-order valence-electron chi connectivity index (χ4n) is 1.46. The number of hydrogen-bond donors (Lipinski definition) is 1. The van der Waals surface area contributed by atoms with Crippen molar-refractivity contribution in [3.05, 3.63) is 52.1 Å². The lowest BCUT2D eigenvalue weighted by Crippen LogP contribution is -2.03. The number of halogens is 2. The third kappa shape index (κ3) is 3.02. The Bertz CT molecular complexity index is 604. The maximum Gasteiger partial charge on any atom is 0.150 e. The Hall–Kier alpha value is -1.10. The molecule has 0 aliphatic rings. The SMILES string of the molecule is Nc1cccnc1S(=O)Cc1cc(Cl)ccc1Cl. The number of pyridine rings is 1. The van der Waals surface area contributed by atoms with Crippen LogP contribution in [0.1, 0.15) is 5.56 Å². The number of hydrogen-bond acceptors (Lipinski definition) is 3. The second-order valence-corrected chi connectivity index (χ2v) is 5.83. The van der Waals surface area contributed by atoms with Crippen molar-refractivity contribution in [3.8, 4) is 0 Å². The van der Waals surface area contributed by atoms with Gasteiger partial charge in [-0.2, -0.15) is 0 Å². The van der Waals surface area contributed by atoms with Crippen LogP contribution in [-0.4, -0.2) is 9.19 Å². The molecule has 0 saturated heterocycles. The second-order valence-electron chi connectivity index (χ2n) is 3.62. The van der Waals surface area contributed by atoms with Crippen molar-refractivity contribution in [2.75, 3.05) is 5.73 Å². The van der Waals surface area contributed by atoms with Gasteiger partial charge in [0.1, 0.15) is 5.03 Å². The van der Waals surface area contributed by atoms with E-state index in [9.17, 15) is 4.21 Å². The highest BCUT2D eigenvalue weighted by Crippen LogP contribution is 2.24. The summed E-state index contributed by atoms with van der Waals surface area (Å²) in [4.78, 5) is 4.03. The van der Waals surface area contributed by atoms with Crippen LogP contribution in [0.5, 0.6) is 0 Å². The van der Waals surface area contributed by atoms with E-state index in [2.05, 4.69) is 4.98 Å². The predicted octanol–water partition coefficient (Wildman–Crippen LogP) is 3.28. The van der Waals surface area contributed by atoms with Crippen LogP contribution >= 0.6 is 23.2 Å². The Morgan fingerprint density at radius 2 is 2.06 bits per heavy atom. The summed E-state index contributed by atoms with van der Waals surface area (Å²) in [6.07, 6.45) is 1.56. The largest absolute Gasteiger partial charge is 0.396 e. The molecule has 18 heavy (non-hydrogen) atoms. The minimum atomic E-state index is -1.34. The third-order valence-electron chi connectivity index (χ3n) is 2.31. The van der Waals surface area contributed by atoms with E-state index in [0.717, 1.165) is 0 Å². The first-order chi connectivity index (χ1) is 8.58. The van der Waals surface area contributed by atoms with Crippen LogP contribution in [0.2, 0.25) is 10.0 Å². The number of nitrogens with zero attached hydrogens (tertiary/aromatic N) is 1. The maximum absolute atomic E-state index is 12.2. The molecule has 6 heteroatoms. The predicted molar refractivity (Wildman–Crippen MR) is 75.2 cm³/mol. The van der Waals surface area contributed by atoms with E-state index in [1.165, 1.54) is 0 Å². The summed E-state index contributed by atoms with van der Waals surface area (Å²) < 4.78 is 12.2. The minimum absolute atomic E-state index is 0.237. The Kier molecular flexibility index (Phi) is 4.22. The fraction of sp³-hybridized carbons (Fsp3) is 0.0833. The van der Waals surface area contributed by atoms with Crippen molar-refractivity contribution in [2.45, 2.75) is 10.8 Å². The van der Waals surface area contributed by atoms with E-state index < -0.39 is 10.8 Å². The van der Waals surface area contributed by atoms with Gasteiger partial charge >= 0.3 is 0 Å². The van der Waals surface area contributed by atoms with Gasteiger partial charge in [-0.05, 0) is 35.9 Å². The van der Waals surface area contributed by atoms with Crippen LogP contribution in [-0.2, 0) is 16.6 Å². The van der Waals surface area contributed by atoms with Crippen molar-refractivity contribution in [1.82, 2.24) is 4.98 Å². The maximum atomic E-state index is 12.2. The zero-order valence-corrected chi connectivity index (χ0v) is 11.6. The first kappa shape index (κ1) is 13.3. The third-order valence-corrected chi connectivity index (χ3v) is 4.26. The van der Waals surface area contributed by atoms with Gasteiger partial charge in [0.05, 0.1) is 22.2 Å². The zero-order valence-electron chi connectivity index (χ0n) is 9.27. The number of nitrogen functional groups attached to an aromatic ring is 1. The van der Waals surface area contributed by atoms with Gasteiger partial charge in [-0.25, -0.2) is 4.98 Å². The number of rotatable bonds is 3. The molecule has 0 saturated carbocycles. The van der Waals surface area contributed by atoms with Gasteiger partial charge in [-0.15, -0.1) is 0 Å². The standard InChI is InChI=1S/C12H10Cl2N2OS/c13-9-3-4-10(14)8(6-9)7-18(17)12-11(15)2-1-5-16-12/h1-6H,7,15H2. The topological polar surface area (TPSA) is 56.0 Å². The molecule has 1 atom stereocenters. The average molecular weight is 301 g/mol. The molecule has 0 amide bonds. The van der Waals surface area contributed by atoms with E-state index >= 15 is 0 Å². The van der Waals surface area contributed by atoms with Gasteiger partial charge in [0, 0.05) is 16.2 Å². The minimum Gasteiger partial charge on any atom is -0.396 e. The lowest BCUT2D eigenvalue weighted by atomic mass is 10.2. The van der Waals surface area contributed by atoms with Crippen LogP contribution in [0.15, 0.2) is 41.6 Å². The monoisotopic (exact) mass is 300 g/mol. The van der Waals surface area contributed by atoms with Gasteiger partial charge in [-0.3, -0.25) is 4.21 Å². The quantitative estimate of drug-likeness (QED) is 0.946. The highest BCUT2D eigenvalue weighted by molar-refractivity contribution is 7.84. The van der Waals surface area contributed by atoms with Crippen LogP contribution in [0, 0.1) is 0 Å². The fourth-order valence-corrected chi connectivity index (χ4v) is 3.08. The molecule has 1 aromatic carbocycles. The molecule has 0 fully saturated rings. The molecule has 0 spiro atoms. The highest BCUT2D eigenvalue weighted by atomic mass is 35.5. The second kappa shape index (κ2) is 5.69. The van der Waals surface area contributed by atoms with Gasteiger partial charge in [0.25, 0.3) is 0 Å². The van der Waals surface area contributed by atoms with Gasteiger partial charge in [-0.1, -0.05) is 23.2 Å². The van der Waals surface area contributed by atoms with Crippen LogP contribution < -0.4 is 5.73 Å². The van der Waals surface area contributed by atoms with Crippen molar-refractivity contribution < 1.29 is 4.21 Å². The molecule has 2 rings (SSSR count). The van der Waals surface area contributed by atoms with Crippen molar-refractivity contribution in [2.24, 2.45) is 0 Å². The van der Waals surface area contributed by atoms with E-state index in [0.29, 0.717) is 26.3 Å². The van der Waals surface area contributed by atoms with E-state index in [-0.39, 0.29) is 5.75 Å². The first-order valence-corrected chi connectivity index (χ1v) is 7.18. The molecule has 94 valence electrons. The summed E-state index contributed by atoms with van der Waals surface area (Å²) in [5.74, 6) is 0.237. The smallest absolute Gasteiger partial charge is 0.150 e. The van der Waals surface area contributed by atoms with Crippen LogP contribution in [0.25, 0.3) is 0 Å². The molecular weight excluding hydrogens is 291 g/mol. The molecule has 3 nitrogen and oxygen atoms in total. The Morgan fingerprint density at radius 1 is 1.28 bits per heavy atom. The van der Waals surface area contributed by atoms with Crippen molar-refractivity contribution in [1.29, 1.82) is 0 Å². The molecule has 1 unspecified atom stereocenters. The van der Waals surface area contributed by atoms with Crippen molar-refractivity contribution in [3.63, 3.8) is 0 Å². The summed E-state index contributed by atoms with van der Waals surface area (Å²) >= 11 is 11.9. The molecule has 2 aromatic rings. The molecule has 0 aliphatic carbocycles. The Morgan fingerprint density at radius 3 is 2.78 bits per heavy atom. The number of nitrogens with two attached hydrogens (primary N) is 1. The Labute approximate surface area is 117 Å². The normalized spacial score (nSPS) is 12.3. The summed E-state index contributed by atoms with van der Waals surface area (Å²) in [6, 6.07) is 8.42. The van der Waals surface area contributed by atoms with E-state index in [1.54, 1.807) is 36.5 Å². The van der Waals surface area contributed by atoms with Crippen LogP contribution in [0.4, 0.5) is 5.69 Å². The molecule has 2 N–H and O–H groups in total. The lowest BCUT2D eigenvalue weighted by Gasteiger charge is -2.06. The summed E-state index contributed by atoms with van der Waals surface area (Å²) in [5, 5.41) is 1.45.